The van der Waals surface area contributed by atoms with Gasteiger partial charge >= 0.3 is 0 Å². The van der Waals surface area contributed by atoms with Crippen LogP contribution >= 0.6 is 0 Å². The second-order valence-electron chi connectivity index (χ2n) is 3.00. The third-order valence-electron chi connectivity index (χ3n) is 1.68. The Morgan fingerprint density at radius 1 is 1.43 bits per heavy atom. The summed E-state index contributed by atoms with van der Waals surface area (Å²) in [6.45, 7) is 0.651. The van der Waals surface area contributed by atoms with Crippen LogP contribution in [0.15, 0.2) is 0 Å². The van der Waals surface area contributed by atoms with E-state index in [2.05, 4.69) is 5.32 Å². The highest BCUT2D eigenvalue weighted by Gasteiger charge is 2.20. The lowest BCUT2D eigenvalue weighted by molar-refractivity contribution is -0.123. The zero-order chi connectivity index (χ0) is 11.1. The van der Waals surface area contributed by atoms with E-state index in [0.717, 1.165) is 0 Å². The SMILES string of the molecule is CC(=O)NC(C=O)C[C@H](O)[C@H](O)CO. The van der Waals surface area contributed by atoms with Crippen LogP contribution in [0.1, 0.15) is 13.3 Å². The fourth-order valence-electron chi connectivity index (χ4n) is 0.949. The Balaban J connectivity index is 4.03. The molecule has 3 atom stereocenters. The molecule has 0 aliphatic heterocycles. The normalized spacial score (nSPS) is 16.9. The maximum atomic E-state index is 10.6. The number of aliphatic hydroxyl groups excluding tert-OH is 3. The molecule has 0 saturated carbocycles. The number of carbonyl (C=O) groups is 2. The van der Waals surface area contributed by atoms with E-state index in [9.17, 15) is 14.7 Å². The van der Waals surface area contributed by atoms with Crippen molar-refractivity contribution in [3.8, 4) is 0 Å². The number of aliphatic hydroxyl groups is 3. The molecule has 0 radical (unpaired) electrons. The molecule has 0 saturated heterocycles. The number of carbonyl (C=O) groups excluding carboxylic acids is 2. The van der Waals surface area contributed by atoms with E-state index < -0.39 is 30.8 Å². The topological polar surface area (TPSA) is 107 Å². The van der Waals surface area contributed by atoms with Crippen molar-refractivity contribution in [1.29, 1.82) is 0 Å². The van der Waals surface area contributed by atoms with Crippen molar-refractivity contribution in [3.63, 3.8) is 0 Å². The molecule has 0 aromatic carbocycles. The van der Waals surface area contributed by atoms with Crippen LogP contribution in [0.4, 0.5) is 0 Å². The highest BCUT2D eigenvalue weighted by atomic mass is 16.4. The van der Waals surface area contributed by atoms with Crippen molar-refractivity contribution in [3.05, 3.63) is 0 Å². The van der Waals surface area contributed by atoms with E-state index in [1.807, 2.05) is 0 Å². The first kappa shape index (κ1) is 13.0. The average molecular weight is 205 g/mol. The van der Waals surface area contributed by atoms with Gasteiger partial charge in [0.1, 0.15) is 12.4 Å². The number of hydrogen-bond donors (Lipinski definition) is 4. The van der Waals surface area contributed by atoms with Crippen molar-refractivity contribution in [2.45, 2.75) is 31.6 Å². The minimum absolute atomic E-state index is 0.120. The molecule has 1 amide bonds. The van der Waals surface area contributed by atoms with E-state index in [0.29, 0.717) is 6.29 Å². The Morgan fingerprint density at radius 2 is 2.00 bits per heavy atom. The lowest BCUT2D eigenvalue weighted by atomic mass is 10.1. The molecule has 0 rings (SSSR count). The summed E-state index contributed by atoms with van der Waals surface area (Å²) in [5.41, 5.74) is 0. The van der Waals surface area contributed by atoms with Crippen LogP contribution in [-0.2, 0) is 9.59 Å². The first-order chi connectivity index (χ1) is 6.51. The van der Waals surface area contributed by atoms with Crippen molar-refractivity contribution >= 4 is 12.2 Å². The Bertz CT molecular complexity index is 196. The zero-order valence-electron chi connectivity index (χ0n) is 7.88. The predicted octanol–water partition coefficient (Wildman–Crippen LogP) is -2.21. The van der Waals surface area contributed by atoms with Crippen molar-refractivity contribution in [2.75, 3.05) is 6.61 Å². The van der Waals surface area contributed by atoms with Gasteiger partial charge in [0.15, 0.2) is 0 Å². The zero-order valence-corrected chi connectivity index (χ0v) is 7.88. The van der Waals surface area contributed by atoms with E-state index >= 15 is 0 Å². The largest absolute Gasteiger partial charge is 0.394 e. The van der Waals surface area contributed by atoms with Crippen molar-refractivity contribution in [2.24, 2.45) is 0 Å². The standard InChI is InChI=1S/C8H15NO5/c1-5(12)9-6(3-10)2-7(13)8(14)4-11/h3,6-8,11,13-14H,2,4H2,1H3,(H,9,12)/t6?,7-,8+/m0/s1. The average Bonchev–Trinajstić information content (AvgIpc) is 2.14. The Labute approximate surface area is 81.5 Å². The van der Waals surface area contributed by atoms with Crippen LogP contribution in [0.25, 0.3) is 0 Å². The maximum absolute atomic E-state index is 10.6. The molecule has 4 N–H and O–H groups in total. The summed E-state index contributed by atoms with van der Waals surface area (Å²) in [5.74, 6) is -0.396. The quantitative estimate of drug-likeness (QED) is 0.368. The lowest BCUT2D eigenvalue weighted by Gasteiger charge is -2.19. The molecule has 14 heavy (non-hydrogen) atoms. The fourth-order valence-corrected chi connectivity index (χ4v) is 0.949. The lowest BCUT2D eigenvalue weighted by Crippen LogP contribution is -2.41. The smallest absolute Gasteiger partial charge is 0.217 e. The number of hydrogen-bond acceptors (Lipinski definition) is 5. The summed E-state index contributed by atoms with van der Waals surface area (Å²) in [4.78, 5) is 21.0. The Kier molecular flexibility index (Phi) is 6.02. The molecule has 6 nitrogen and oxygen atoms in total. The third kappa shape index (κ3) is 4.90. The van der Waals surface area contributed by atoms with Gasteiger partial charge in [-0.2, -0.15) is 0 Å². The van der Waals surface area contributed by atoms with Gasteiger partial charge in [0.2, 0.25) is 5.91 Å². The first-order valence-electron chi connectivity index (χ1n) is 4.20. The van der Waals surface area contributed by atoms with Gasteiger partial charge in [0.05, 0.1) is 18.8 Å². The van der Waals surface area contributed by atoms with Crippen LogP contribution < -0.4 is 5.32 Å². The summed E-state index contributed by atoms with van der Waals surface area (Å²) >= 11 is 0. The number of amides is 1. The number of aldehydes is 1. The summed E-state index contributed by atoms with van der Waals surface area (Å²) in [5, 5.41) is 29.0. The molecular formula is C8H15NO5. The molecule has 1 unspecified atom stereocenters. The molecule has 82 valence electrons. The van der Waals surface area contributed by atoms with E-state index in [4.69, 9.17) is 10.2 Å². The molecule has 0 aromatic rings. The monoisotopic (exact) mass is 205 g/mol. The molecule has 6 heteroatoms. The van der Waals surface area contributed by atoms with Gasteiger partial charge in [-0.15, -0.1) is 0 Å². The summed E-state index contributed by atoms with van der Waals surface area (Å²) in [6.07, 6.45) is -2.19. The highest BCUT2D eigenvalue weighted by molar-refractivity contribution is 5.77. The molecule has 0 heterocycles. The summed E-state index contributed by atoms with van der Waals surface area (Å²) in [7, 11) is 0. The van der Waals surface area contributed by atoms with Gasteiger partial charge in [-0.05, 0) is 0 Å². The van der Waals surface area contributed by atoms with Gasteiger partial charge in [0, 0.05) is 13.3 Å². The molecule has 0 aromatic heterocycles. The summed E-state index contributed by atoms with van der Waals surface area (Å²) < 4.78 is 0. The predicted molar refractivity (Wildman–Crippen MR) is 47.4 cm³/mol. The maximum Gasteiger partial charge on any atom is 0.217 e. The molecule has 0 aliphatic rings. The van der Waals surface area contributed by atoms with Crippen LogP contribution in [0.2, 0.25) is 0 Å². The van der Waals surface area contributed by atoms with Crippen LogP contribution in [0.3, 0.4) is 0 Å². The summed E-state index contributed by atoms with van der Waals surface area (Å²) in [6, 6.07) is -0.844. The van der Waals surface area contributed by atoms with Gasteiger partial charge in [-0.3, -0.25) is 4.79 Å². The van der Waals surface area contributed by atoms with E-state index in [-0.39, 0.29) is 6.42 Å². The van der Waals surface area contributed by atoms with Gasteiger partial charge in [-0.1, -0.05) is 0 Å². The van der Waals surface area contributed by atoms with Gasteiger partial charge < -0.3 is 25.4 Å². The van der Waals surface area contributed by atoms with Gasteiger partial charge in [0.25, 0.3) is 0 Å². The van der Waals surface area contributed by atoms with E-state index in [1.54, 1.807) is 0 Å². The molecule has 0 aliphatic carbocycles. The molecule has 0 fully saturated rings. The van der Waals surface area contributed by atoms with Crippen LogP contribution in [-0.4, -0.2) is 52.4 Å². The van der Waals surface area contributed by atoms with Crippen LogP contribution in [0, 0.1) is 0 Å². The second kappa shape index (κ2) is 6.47. The first-order valence-corrected chi connectivity index (χ1v) is 4.20. The third-order valence-corrected chi connectivity index (χ3v) is 1.68. The number of nitrogens with one attached hydrogen (secondary N) is 1. The Morgan fingerprint density at radius 3 is 2.36 bits per heavy atom. The number of rotatable bonds is 6. The second-order valence-corrected chi connectivity index (χ2v) is 3.00. The van der Waals surface area contributed by atoms with Crippen molar-refractivity contribution < 1.29 is 24.9 Å². The fraction of sp³-hybridized carbons (Fsp3) is 0.750. The van der Waals surface area contributed by atoms with Crippen molar-refractivity contribution in [1.82, 2.24) is 5.32 Å². The molecule has 0 bridgehead atoms. The molecular weight excluding hydrogens is 190 g/mol. The van der Waals surface area contributed by atoms with E-state index in [1.165, 1.54) is 6.92 Å². The van der Waals surface area contributed by atoms with Crippen LogP contribution in [0.5, 0.6) is 0 Å². The minimum atomic E-state index is -1.30. The van der Waals surface area contributed by atoms with Gasteiger partial charge in [-0.25, -0.2) is 0 Å². The highest BCUT2D eigenvalue weighted by Crippen LogP contribution is 2.01. The molecule has 0 spiro atoms. The minimum Gasteiger partial charge on any atom is -0.394 e. The Hall–Kier alpha value is -0.980.